The van der Waals surface area contributed by atoms with E-state index in [4.69, 9.17) is 14.9 Å². The third kappa shape index (κ3) is 5.58. The van der Waals surface area contributed by atoms with Crippen LogP contribution in [0.25, 0.3) is 11.1 Å². The number of nitrogens with one attached hydrogen (secondary N) is 2. The number of anilines is 1. The first-order valence-corrected chi connectivity index (χ1v) is 15.7. The minimum absolute atomic E-state index is 0.0340. The summed E-state index contributed by atoms with van der Waals surface area (Å²) in [4.78, 5) is 59.3. The van der Waals surface area contributed by atoms with E-state index in [9.17, 15) is 19.2 Å². The number of carbonyl (C=O) groups excluding carboxylic acids is 4. The Morgan fingerprint density at radius 1 is 1.12 bits per heavy atom. The number of methoxy groups -OCH3 is 1. The van der Waals surface area contributed by atoms with Crippen molar-refractivity contribution in [3.05, 3.63) is 18.2 Å². The summed E-state index contributed by atoms with van der Waals surface area (Å²) in [6.07, 6.45) is 8.34. The van der Waals surface area contributed by atoms with Gasteiger partial charge < -0.3 is 30.4 Å². The highest BCUT2D eigenvalue weighted by Gasteiger charge is 2.69. The van der Waals surface area contributed by atoms with E-state index in [0.29, 0.717) is 29.8 Å². The number of primary amides is 1. The van der Waals surface area contributed by atoms with E-state index in [2.05, 4.69) is 29.5 Å². The third-order valence-corrected chi connectivity index (χ3v) is 10.7. The molecule has 2 aromatic rings. The molecule has 11 heteroatoms. The van der Waals surface area contributed by atoms with Gasteiger partial charge in [0.15, 0.2) is 5.58 Å². The topological polar surface area (TPSA) is 157 Å². The molecule has 6 rings (SSSR count). The van der Waals surface area contributed by atoms with Gasteiger partial charge in [0.2, 0.25) is 17.6 Å². The summed E-state index contributed by atoms with van der Waals surface area (Å²) in [6.45, 7) is 4.70. The van der Waals surface area contributed by atoms with Crippen LogP contribution in [0, 0.1) is 29.1 Å². The fraction of sp³-hybridized carbons (Fsp3) is 0.656. The average molecular weight is 594 g/mol. The lowest BCUT2D eigenvalue weighted by Crippen LogP contribution is -2.58. The molecule has 1 aromatic heterocycles. The summed E-state index contributed by atoms with van der Waals surface area (Å²) >= 11 is 0. The first-order valence-electron chi connectivity index (χ1n) is 15.7. The number of nitrogens with zero attached hydrogens (tertiary/aromatic N) is 2. The molecule has 2 heterocycles. The van der Waals surface area contributed by atoms with E-state index >= 15 is 0 Å². The number of ketones is 1. The number of nitrogens with two attached hydrogens (primary N) is 1. The van der Waals surface area contributed by atoms with Crippen LogP contribution in [0.4, 0.5) is 6.01 Å². The van der Waals surface area contributed by atoms with Gasteiger partial charge in [-0.15, -0.1) is 0 Å². The Morgan fingerprint density at radius 2 is 1.86 bits per heavy atom. The van der Waals surface area contributed by atoms with Crippen LogP contribution in [0.15, 0.2) is 22.6 Å². The van der Waals surface area contributed by atoms with E-state index in [0.717, 1.165) is 51.4 Å². The molecule has 1 saturated heterocycles. The second-order valence-corrected chi connectivity index (χ2v) is 13.6. The minimum atomic E-state index is -1.05. The van der Waals surface area contributed by atoms with Crippen LogP contribution in [0.5, 0.6) is 5.75 Å². The number of carbonyl (C=O) groups is 4. The molecule has 0 bridgehead atoms. The van der Waals surface area contributed by atoms with Gasteiger partial charge >= 0.3 is 0 Å². The molecule has 11 nitrogen and oxygen atoms in total. The molecule has 4 N–H and O–H groups in total. The standard InChI is InChI=1S/C32H43N5O6/c1-32(2)20-16-37(26(24(20)32)29(40)34-22(27(38)28(33)39)14-17-8-7-9-17)30(41)25(18-10-5-4-6-11-18)36-31-35-21-15-19(42-3)12-13-23(21)43-31/h12-13,15,17-18,20,22,24-26H,4-11,14,16H2,1-3H3,(H2,33,39)(H,34,40)(H,35,36)/t20-,22?,24?,25+,26+/m1/s1. The number of hydrogen-bond acceptors (Lipinski definition) is 8. The van der Waals surface area contributed by atoms with Crippen LogP contribution in [-0.2, 0) is 19.2 Å². The zero-order valence-corrected chi connectivity index (χ0v) is 25.3. The number of fused-ring (bicyclic) bond motifs is 2. The first kappa shape index (κ1) is 29.4. The smallest absolute Gasteiger partial charge is 0.296 e. The molecule has 232 valence electrons. The highest BCUT2D eigenvalue weighted by atomic mass is 16.5. The van der Waals surface area contributed by atoms with E-state index in [1.165, 1.54) is 0 Å². The zero-order chi connectivity index (χ0) is 30.5. The Kier molecular flexibility index (Phi) is 7.85. The predicted octanol–water partition coefficient (Wildman–Crippen LogP) is 3.41. The number of aromatic nitrogens is 1. The van der Waals surface area contributed by atoms with Crippen LogP contribution >= 0.6 is 0 Å². The fourth-order valence-corrected chi connectivity index (χ4v) is 7.79. The number of rotatable bonds is 11. The second kappa shape index (κ2) is 11.5. The number of hydrogen-bond donors (Lipinski definition) is 3. The van der Waals surface area contributed by atoms with E-state index in [1.54, 1.807) is 30.2 Å². The maximum absolute atomic E-state index is 14.5. The van der Waals surface area contributed by atoms with Crippen molar-refractivity contribution in [1.29, 1.82) is 0 Å². The van der Waals surface area contributed by atoms with Gasteiger partial charge in [0.25, 0.3) is 11.9 Å². The normalized spacial score (nSPS) is 26.2. The summed E-state index contributed by atoms with van der Waals surface area (Å²) in [5, 5.41) is 6.19. The SMILES string of the molecule is COc1ccc2oc(N[C@H](C(=O)N3C[C@@H]4C([C@H]3C(=O)NC(CC3CCC3)C(=O)C(N)=O)C4(C)C)C3CCCCC3)nc2c1. The third-order valence-electron chi connectivity index (χ3n) is 10.7. The Bertz CT molecular complexity index is 1410. The van der Waals surface area contributed by atoms with Gasteiger partial charge in [-0.1, -0.05) is 52.4 Å². The highest BCUT2D eigenvalue weighted by Crippen LogP contribution is 2.65. The average Bonchev–Trinajstić information content (AvgIpc) is 3.33. The monoisotopic (exact) mass is 593 g/mol. The molecule has 0 spiro atoms. The molecule has 1 aromatic carbocycles. The Balaban J connectivity index is 1.26. The first-order chi connectivity index (χ1) is 20.6. The Hall–Kier alpha value is -3.63. The van der Waals surface area contributed by atoms with Crippen LogP contribution in [0.2, 0.25) is 0 Å². The molecule has 4 aliphatic rings. The van der Waals surface area contributed by atoms with E-state index in [1.807, 2.05) is 0 Å². The van der Waals surface area contributed by atoms with E-state index < -0.39 is 29.8 Å². The summed E-state index contributed by atoms with van der Waals surface area (Å²) in [7, 11) is 1.59. The number of benzene rings is 1. The van der Waals surface area contributed by atoms with Gasteiger partial charge in [0.05, 0.1) is 13.2 Å². The molecule has 1 aliphatic heterocycles. The molecule has 3 amide bonds. The second-order valence-electron chi connectivity index (χ2n) is 13.6. The summed E-state index contributed by atoms with van der Waals surface area (Å²) < 4.78 is 11.3. The van der Waals surface area contributed by atoms with Crippen molar-refractivity contribution in [3.8, 4) is 5.75 Å². The molecular weight excluding hydrogens is 550 g/mol. The minimum Gasteiger partial charge on any atom is -0.497 e. The van der Waals surface area contributed by atoms with Gasteiger partial charge in [-0.05, 0) is 60.5 Å². The number of piperidine rings is 1. The van der Waals surface area contributed by atoms with Crippen molar-refractivity contribution in [3.63, 3.8) is 0 Å². The number of oxazole rings is 1. The molecule has 3 aliphatic carbocycles. The van der Waals surface area contributed by atoms with Crippen LogP contribution in [0.3, 0.4) is 0 Å². The maximum atomic E-state index is 14.5. The Labute approximate surface area is 251 Å². The molecule has 3 saturated carbocycles. The van der Waals surface area contributed by atoms with Crippen molar-refractivity contribution in [1.82, 2.24) is 15.2 Å². The quantitative estimate of drug-likeness (QED) is 0.335. The predicted molar refractivity (Wildman–Crippen MR) is 159 cm³/mol. The lowest BCUT2D eigenvalue weighted by Gasteiger charge is -2.37. The van der Waals surface area contributed by atoms with Crippen LogP contribution < -0.4 is 21.1 Å². The fourth-order valence-electron chi connectivity index (χ4n) is 7.79. The van der Waals surface area contributed by atoms with Crippen molar-refractivity contribution in [2.45, 2.75) is 89.8 Å². The maximum Gasteiger partial charge on any atom is 0.296 e. The van der Waals surface area contributed by atoms with Crippen molar-refractivity contribution in [2.24, 2.45) is 34.8 Å². The van der Waals surface area contributed by atoms with E-state index in [-0.39, 0.29) is 46.9 Å². The molecular formula is C32H43N5O6. The molecule has 0 radical (unpaired) electrons. The number of Topliss-reactive ketones (excluding diaryl/α,β-unsaturated/α-hetero) is 1. The largest absolute Gasteiger partial charge is 0.497 e. The van der Waals surface area contributed by atoms with Crippen LogP contribution in [0.1, 0.15) is 71.6 Å². The molecule has 43 heavy (non-hydrogen) atoms. The van der Waals surface area contributed by atoms with Crippen molar-refractivity contribution < 1.29 is 28.3 Å². The van der Waals surface area contributed by atoms with Crippen molar-refractivity contribution in [2.75, 3.05) is 19.0 Å². The van der Waals surface area contributed by atoms with Gasteiger partial charge in [-0.25, -0.2) is 0 Å². The van der Waals surface area contributed by atoms with Gasteiger partial charge in [0.1, 0.15) is 23.3 Å². The van der Waals surface area contributed by atoms with Crippen molar-refractivity contribution >= 4 is 40.6 Å². The lowest BCUT2D eigenvalue weighted by atomic mass is 9.80. The Morgan fingerprint density at radius 3 is 2.51 bits per heavy atom. The molecule has 2 unspecified atom stereocenters. The summed E-state index contributed by atoms with van der Waals surface area (Å²) in [6, 6.07) is 3.28. The molecule has 4 fully saturated rings. The van der Waals surface area contributed by atoms with Gasteiger partial charge in [-0.2, -0.15) is 4.98 Å². The summed E-state index contributed by atoms with van der Waals surface area (Å²) in [5.74, 6) is -1.25. The molecule has 5 atom stereocenters. The van der Waals surface area contributed by atoms with Gasteiger partial charge in [-0.3, -0.25) is 19.2 Å². The van der Waals surface area contributed by atoms with Crippen LogP contribution in [-0.4, -0.2) is 65.2 Å². The summed E-state index contributed by atoms with van der Waals surface area (Å²) in [5.41, 5.74) is 6.45. The number of amides is 3. The zero-order valence-electron chi connectivity index (χ0n) is 25.3. The number of ether oxygens (including phenoxy) is 1. The number of likely N-dealkylation sites (tertiary alicyclic amines) is 1. The highest BCUT2D eigenvalue weighted by molar-refractivity contribution is 6.37. The van der Waals surface area contributed by atoms with Gasteiger partial charge in [0, 0.05) is 12.6 Å². The lowest BCUT2D eigenvalue weighted by molar-refractivity contribution is -0.144.